The summed E-state index contributed by atoms with van der Waals surface area (Å²) in [5.74, 6) is 0.112. The van der Waals surface area contributed by atoms with E-state index in [1.54, 1.807) is 6.92 Å². The number of hydrogen-bond donors (Lipinski definition) is 0. The molecule has 0 saturated carbocycles. The van der Waals surface area contributed by atoms with Gasteiger partial charge in [0, 0.05) is 23.1 Å². The van der Waals surface area contributed by atoms with Gasteiger partial charge >= 0.3 is 0 Å². The normalized spacial score (nSPS) is 15.1. The molecule has 1 aliphatic heterocycles. The van der Waals surface area contributed by atoms with Gasteiger partial charge in [-0.25, -0.2) is 0 Å². The van der Waals surface area contributed by atoms with Crippen molar-refractivity contribution in [2.75, 3.05) is 18.0 Å². The third-order valence-corrected chi connectivity index (χ3v) is 3.19. The Bertz CT molecular complexity index is 372. The molecule has 3 heteroatoms. The van der Waals surface area contributed by atoms with Gasteiger partial charge in [0.2, 0.25) is 0 Å². The summed E-state index contributed by atoms with van der Waals surface area (Å²) >= 11 is 3.50. The summed E-state index contributed by atoms with van der Waals surface area (Å²) in [6, 6.07) is 5.80. The molecule has 1 fully saturated rings. The van der Waals surface area contributed by atoms with Crippen LogP contribution in [0.2, 0.25) is 0 Å². The van der Waals surface area contributed by atoms with Crippen LogP contribution in [-0.4, -0.2) is 18.9 Å². The molecule has 14 heavy (non-hydrogen) atoms. The number of carbonyl (C=O) groups is 1. The highest BCUT2D eigenvalue weighted by atomic mass is 79.9. The smallest absolute Gasteiger partial charge is 0.159 e. The van der Waals surface area contributed by atoms with Gasteiger partial charge in [-0.15, -0.1) is 0 Å². The maximum Gasteiger partial charge on any atom is 0.159 e. The Morgan fingerprint density at radius 1 is 1.43 bits per heavy atom. The van der Waals surface area contributed by atoms with Crippen LogP contribution in [0.3, 0.4) is 0 Å². The summed E-state index contributed by atoms with van der Waals surface area (Å²) in [7, 11) is 0. The van der Waals surface area contributed by atoms with Gasteiger partial charge in [0.05, 0.1) is 5.69 Å². The van der Waals surface area contributed by atoms with E-state index in [0.717, 1.165) is 23.1 Å². The van der Waals surface area contributed by atoms with Crippen molar-refractivity contribution in [3.05, 3.63) is 28.2 Å². The highest BCUT2D eigenvalue weighted by Gasteiger charge is 2.17. The van der Waals surface area contributed by atoms with Crippen molar-refractivity contribution in [2.24, 2.45) is 0 Å². The number of Topliss-reactive ketones (excluding diaryl/α,β-unsaturated/α-hetero) is 1. The van der Waals surface area contributed by atoms with Gasteiger partial charge in [0.25, 0.3) is 0 Å². The molecule has 0 aromatic heterocycles. The summed E-state index contributed by atoms with van der Waals surface area (Å²) in [4.78, 5) is 13.4. The Hall–Kier alpha value is -0.830. The number of nitrogens with zero attached hydrogens (tertiary/aromatic N) is 1. The van der Waals surface area contributed by atoms with E-state index < -0.39 is 0 Å². The van der Waals surface area contributed by atoms with Crippen molar-refractivity contribution in [3.63, 3.8) is 0 Å². The van der Waals surface area contributed by atoms with Crippen LogP contribution in [0, 0.1) is 0 Å². The van der Waals surface area contributed by atoms with E-state index in [2.05, 4.69) is 20.8 Å². The average Bonchev–Trinajstić information content (AvgIpc) is 2.04. The number of anilines is 1. The van der Waals surface area contributed by atoms with Crippen molar-refractivity contribution < 1.29 is 4.79 Å². The average molecular weight is 254 g/mol. The summed E-state index contributed by atoms with van der Waals surface area (Å²) in [6.07, 6.45) is 1.26. The van der Waals surface area contributed by atoms with Gasteiger partial charge in [-0.05, 0) is 47.5 Å². The zero-order chi connectivity index (χ0) is 10.1. The Morgan fingerprint density at radius 2 is 2.14 bits per heavy atom. The lowest BCUT2D eigenvalue weighted by Gasteiger charge is -2.34. The molecule has 1 aliphatic rings. The van der Waals surface area contributed by atoms with Crippen molar-refractivity contribution in [1.82, 2.24) is 0 Å². The Labute approximate surface area is 92.0 Å². The molecular weight excluding hydrogens is 242 g/mol. The first kappa shape index (κ1) is 9.71. The fourth-order valence-electron chi connectivity index (χ4n) is 1.54. The van der Waals surface area contributed by atoms with E-state index in [0.29, 0.717) is 0 Å². The molecule has 0 bridgehead atoms. The molecule has 0 N–H and O–H groups in total. The summed E-state index contributed by atoms with van der Waals surface area (Å²) < 4.78 is 1.02. The first-order valence-electron chi connectivity index (χ1n) is 4.74. The van der Waals surface area contributed by atoms with Crippen molar-refractivity contribution >= 4 is 27.4 Å². The monoisotopic (exact) mass is 253 g/mol. The van der Waals surface area contributed by atoms with Crippen LogP contribution in [0.1, 0.15) is 23.7 Å². The zero-order valence-electron chi connectivity index (χ0n) is 8.09. The van der Waals surface area contributed by atoms with Crippen LogP contribution < -0.4 is 4.90 Å². The molecule has 0 radical (unpaired) electrons. The van der Waals surface area contributed by atoms with E-state index in [4.69, 9.17) is 0 Å². The molecule has 2 nitrogen and oxygen atoms in total. The molecule has 1 aromatic rings. The lowest BCUT2D eigenvalue weighted by molar-refractivity contribution is 0.101. The van der Waals surface area contributed by atoms with Gasteiger partial charge in [-0.3, -0.25) is 4.79 Å². The van der Waals surface area contributed by atoms with Gasteiger partial charge < -0.3 is 4.90 Å². The predicted molar refractivity (Wildman–Crippen MR) is 61.0 cm³/mol. The molecule has 1 heterocycles. The Kier molecular flexibility index (Phi) is 2.59. The number of benzene rings is 1. The van der Waals surface area contributed by atoms with E-state index in [9.17, 15) is 4.79 Å². The summed E-state index contributed by atoms with van der Waals surface area (Å²) in [6.45, 7) is 3.83. The van der Waals surface area contributed by atoms with E-state index in [1.165, 1.54) is 12.1 Å². The minimum absolute atomic E-state index is 0.112. The molecule has 1 aromatic carbocycles. The zero-order valence-corrected chi connectivity index (χ0v) is 9.67. The van der Waals surface area contributed by atoms with E-state index in [-0.39, 0.29) is 5.78 Å². The van der Waals surface area contributed by atoms with Crippen LogP contribution in [0.5, 0.6) is 0 Å². The predicted octanol–water partition coefficient (Wildman–Crippen LogP) is 2.86. The van der Waals surface area contributed by atoms with Crippen molar-refractivity contribution in [3.8, 4) is 0 Å². The second-order valence-corrected chi connectivity index (χ2v) is 4.42. The molecule has 0 aliphatic carbocycles. The van der Waals surface area contributed by atoms with Crippen LogP contribution in [-0.2, 0) is 0 Å². The highest BCUT2D eigenvalue weighted by molar-refractivity contribution is 9.10. The lowest BCUT2D eigenvalue weighted by Crippen LogP contribution is -2.37. The fourth-order valence-corrected chi connectivity index (χ4v) is 2.17. The third-order valence-electron chi connectivity index (χ3n) is 2.55. The van der Waals surface area contributed by atoms with E-state index >= 15 is 0 Å². The first-order valence-corrected chi connectivity index (χ1v) is 5.53. The third kappa shape index (κ3) is 1.69. The molecule has 74 valence electrons. The molecule has 0 spiro atoms. The summed E-state index contributed by atoms with van der Waals surface area (Å²) in [5.41, 5.74) is 1.96. The maximum atomic E-state index is 11.1. The number of carbonyl (C=O) groups excluding carboxylic acids is 1. The lowest BCUT2D eigenvalue weighted by atomic mass is 10.1. The van der Waals surface area contributed by atoms with Gasteiger partial charge in [0.15, 0.2) is 5.78 Å². The topological polar surface area (TPSA) is 20.3 Å². The van der Waals surface area contributed by atoms with Crippen LogP contribution in [0.15, 0.2) is 22.7 Å². The van der Waals surface area contributed by atoms with Gasteiger partial charge in [-0.1, -0.05) is 0 Å². The van der Waals surface area contributed by atoms with Crippen LogP contribution in [0.25, 0.3) is 0 Å². The van der Waals surface area contributed by atoms with Crippen molar-refractivity contribution in [2.45, 2.75) is 13.3 Å². The molecular formula is C11H12BrNO. The Balaban J connectivity index is 2.30. The van der Waals surface area contributed by atoms with Crippen LogP contribution >= 0.6 is 15.9 Å². The molecule has 0 atom stereocenters. The van der Waals surface area contributed by atoms with E-state index in [1.807, 2.05) is 18.2 Å². The standard InChI is InChI=1S/C11H12BrNO/c1-8(14)9-3-4-11(10(12)7-9)13-5-2-6-13/h3-4,7H,2,5-6H2,1H3. The number of halogens is 1. The largest absolute Gasteiger partial charge is 0.370 e. The minimum atomic E-state index is 0.112. The second kappa shape index (κ2) is 3.73. The van der Waals surface area contributed by atoms with Crippen molar-refractivity contribution in [1.29, 1.82) is 0 Å². The molecule has 0 amide bonds. The highest BCUT2D eigenvalue weighted by Crippen LogP contribution is 2.30. The number of hydrogen-bond acceptors (Lipinski definition) is 2. The van der Waals surface area contributed by atoms with Gasteiger partial charge in [0.1, 0.15) is 0 Å². The number of ketones is 1. The van der Waals surface area contributed by atoms with Crippen LogP contribution in [0.4, 0.5) is 5.69 Å². The SMILES string of the molecule is CC(=O)c1ccc(N2CCC2)c(Br)c1. The first-order chi connectivity index (χ1) is 6.68. The number of rotatable bonds is 2. The summed E-state index contributed by atoms with van der Waals surface area (Å²) in [5, 5.41) is 0. The Morgan fingerprint density at radius 3 is 2.57 bits per heavy atom. The maximum absolute atomic E-state index is 11.1. The quantitative estimate of drug-likeness (QED) is 0.756. The second-order valence-electron chi connectivity index (χ2n) is 3.56. The molecule has 0 unspecified atom stereocenters. The molecule has 2 rings (SSSR count). The van der Waals surface area contributed by atoms with Gasteiger partial charge in [-0.2, -0.15) is 0 Å². The minimum Gasteiger partial charge on any atom is -0.370 e. The fraction of sp³-hybridized carbons (Fsp3) is 0.364. The molecule has 1 saturated heterocycles.